The van der Waals surface area contributed by atoms with Crippen molar-refractivity contribution in [3.05, 3.63) is 41.4 Å². The normalized spacial score (nSPS) is 11.2. The van der Waals surface area contributed by atoms with E-state index < -0.39 is 15.8 Å². The number of sulfone groups is 1. The molecule has 0 saturated heterocycles. The lowest BCUT2D eigenvalue weighted by Gasteiger charge is -2.11. The summed E-state index contributed by atoms with van der Waals surface area (Å²) in [5, 5.41) is 0.0908. The smallest absolute Gasteiger partial charge is 0.339 e. The minimum absolute atomic E-state index is 0.0137. The van der Waals surface area contributed by atoms with Crippen molar-refractivity contribution in [2.24, 2.45) is 0 Å². The Bertz CT molecular complexity index is 791. The van der Waals surface area contributed by atoms with E-state index in [1.54, 1.807) is 0 Å². The number of hydrogen-bond acceptors (Lipinski definition) is 6. The number of esters is 1. The molecule has 6 nitrogen and oxygen atoms in total. The Kier molecular flexibility index (Phi) is 4.24. The molecule has 8 heteroatoms. The van der Waals surface area contributed by atoms with Crippen LogP contribution in [-0.4, -0.2) is 37.7 Å². The maximum absolute atomic E-state index is 12.0. The number of benzene rings is 1. The molecule has 0 atom stereocenters. The molecule has 0 fully saturated rings. The highest BCUT2D eigenvalue weighted by Crippen LogP contribution is 2.32. The SMILES string of the molecule is COC(=O)c1cc(S(C)(=O)=O)c(-c2cncnc2)cc1Cl. The van der Waals surface area contributed by atoms with Crippen molar-refractivity contribution in [3.63, 3.8) is 0 Å². The average molecular weight is 327 g/mol. The van der Waals surface area contributed by atoms with Crippen LogP contribution in [0.25, 0.3) is 11.1 Å². The summed E-state index contributed by atoms with van der Waals surface area (Å²) in [6.07, 6.45) is 5.30. The molecule has 110 valence electrons. The molecule has 0 aliphatic rings. The minimum Gasteiger partial charge on any atom is -0.465 e. The van der Waals surface area contributed by atoms with Crippen LogP contribution in [0.15, 0.2) is 35.7 Å². The number of ether oxygens (including phenoxy) is 1. The fourth-order valence-electron chi connectivity index (χ4n) is 1.79. The minimum atomic E-state index is -3.58. The van der Waals surface area contributed by atoms with Gasteiger partial charge < -0.3 is 4.74 Å². The van der Waals surface area contributed by atoms with Crippen LogP contribution in [0.3, 0.4) is 0 Å². The van der Waals surface area contributed by atoms with Crippen molar-refractivity contribution < 1.29 is 17.9 Å². The van der Waals surface area contributed by atoms with Crippen LogP contribution in [-0.2, 0) is 14.6 Å². The summed E-state index contributed by atoms with van der Waals surface area (Å²) in [7, 11) is -2.39. The summed E-state index contributed by atoms with van der Waals surface area (Å²) in [5.74, 6) is -0.708. The van der Waals surface area contributed by atoms with Gasteiger partial charge in [-0.3, -0.25) is 0 Å². The van der Waals surface area contributed by atoms with Gasteiger partial charge in [-0.1, -0.05) is 11.6 Å². The number of hydrogen-bond donors (Lipinski definition) is 0. The van der Waals surface area contributed by atoms with Crippen molar-refractivity contribution in [2.45, 2.75) is 4.90 Å². The first-order valence-corrected chi connectivity index (χ1v) is 7.99. The summed E-state index contributed by atoms with van der Waals surface area (Å²) < 4.78 is 28.5. The Balaban J connectivity index is 2.77. The van der Waals surface area contributed by atoms with Gasteiger partial charge >= 0.3 is 5.97 Å². The summed E-state index contributed by atoms with van der Waals surface area (Å²) in [6.45, 7) is 0. The Morgan fingerprint density at radius 2 is 1.86 bits per heavy atom. The van der Waals surface area contributed by atoms with Crippen molar-refractivity contribution in [3.8, 4) is 11.1 Å². The molecule has 1 aromatic carbocycles. The van der Waals surface area contributed by atoms with E-state index >= 15 is 0 Å². The summed E-state index contributed by atoms with van der Waals surface area (Å²) in [6, 6.07) is 2.59. The van der Waals surface area contributed by atoms with E-state index in [2.05, 4.69) is 14.7 Å². The van der Waals surface area contributed by atoms with Crippen LogP contribution < -0.4 is 0 Å². The van der Waals surface area contributed by atoms with Gasteiger partial charge in [0.15, 0.2) is 9.84 Å². The molecule has 1 heterocycles. The van der Waals surface area contributed by atoms with Gasteiger partial charge in [0.1, 0.15) is 6.33 Å². The quantitative estimate of drug-likeness (QED) is 0.802. The van der Waals surface area contributed by atoms with Crippen molar-refractivity contribution in [1.29, 1.82) is 0 Å². The number of carbonyl (C=O) groups excluding carboxylic acids is 1. The summed E-state index contributed by atoms with van der Waals surface area (Å²) in [5.41, 5.74) is 0.798. The van der Waals surface area contributed by atoms with E-state index in [9.17, 15) is 13.2 Å². The van der Waals surface area contributed by atoms with Crippen LogP contribution in [0.5, 0.6) is 0 Å². The highest BCUT2D eigenvalue weighted by Gasteiger charge is 2.21. The zero-order valence-electron chi connectivity index (χ0n) is 11.2. The standard InChI is InChI=1S/C13H11ClN2O4S/c1-20-13(17)10-4-12(21(2,18)19)9(3-11(10)14)8-5-15-7-16-6-8/h3-7H,1-2H3. The molecule has 0 aliphatic carbocycles. The molecule has 1 aromatic heterocycles. The molecule has 2 rings (SSSR count). The molecule has 0 radical (unpaired) electrons. The monoisotopic (exact) mass is 326 g/mol. The van der Waals surface area contributed by atoms with Crippen molar-refractivity contribution in [1.82, 2.24) is 9.97 Å². The number of methoxy groups -OCH3 is 1. The first kappa shape index (κ1) is 15.4. The largest absolute Gasteiger partial charge is 0.465 e. The zero-order chi connectivity index (χ0) is 15.6. The summed E-state index contributed by atoms with van der Waals surface area (Å²) >= 11 is 6.04. The van der Waals surface area contributed by atoms with Gasteiger partial charge in [-0.05, 0) is 12.1 Å². The van der Waals surface area contributed by atoms with E-state index in [1.807, 2.05) is 0 Å². The number of carbonyl (C=O) groups is 1. The van der Waals surface area contributed by atoms with Gasteiger partial charge in [0, 0.05) is 29.8 Å². The number of aromatic nitrogens is 2. The number of rotatable bonds is 3. The summed E-state index contributed by atoms with van der Waals surface area (Å²) in [4.78, 5) is 19.3. The van der Waals surface area contributed by atoms with Gasteiger partial charge in [-0.25, -0.2) is 23.2 Å². The molecule has 0 amide bonds. The fourth-order valence-corrected chi connectivity index (χ4v) is 2.94. The number of nitrogens with zero attached hydrogens (tertiary/aromatic N) is 2. The molecule has 21 heavy (non-hydrogen) atoms. The fraction of sp³-hybridized carbons (Fsp3) is 0.154. The van der Waals surface area contributed by atoms with Crippen LogP contribution >= 0.6 is 11.6 Å². The Labute approximate surface area is 126 Å². The first-order chi connectivity index (χ1) is 9.84. The highest BCUT2D eigenvalue weighted by molar-refractivity contribution is 7.90. The first-order valence-electron chi connectivity index (χ1n) is 5.72. The average Bonchev–Trinajstić information content (AvgIpc) is 2.46. The molecule has 0 N–H and O–H groups in total. The van der Waals surface area contributed by atoms with Crippen LogP contribution in [0.2, 0.25) is 5.02 Å². The second-order valence-electron chi connectivity index (χ2n) is 4.22. The topological polar surface area (TPSA) is 86.2 Å². The van der Waals surface area contributed by atoms with Gasteiger partial charge in [0.25, 0.3) is 0 Å². The second-order valence-corrected chi connectivity index (χ2v) is 6.61. The van der Waals surface area contributed by atoms with Crippen LogP contribution in [0.1, 0.15) is 10.4 Å². The molecule has 0 unspecified atom stereocenters. The van der Waals surface area contributed by atoms with E-state index in [0.29, 0.717) is 11.1 Å². The maximum atomic E-state index is 12.0. The molecule has 0 saturated carbocycles. The lowest BCUT2D eigenvalue weighted by atomic mass is 10.1. The highest BCUT2D eigenvalue weighted by atomic mass is 35.5. The second kappa shape index (κ2) is 5.79. The van der Waals surface area contributed by atoms with Gasteiger partial charge in [0.2, 0.25) is 0 Å². The molecular weight excluding hydrogens is 316 g/mol. The third-order valence-electron chi connectivity index (χ3n) is 2.75. The van der Waals surface area contributed by atoms with Crippen molar-refractivity contribution in [2.75, 3.05) is 13.4 Å². The van der Waals surface area contributed by atoms with E-state index in [4.69, 9.17) is 11.6 Å². The molecule has 0 spiro atoms. The van der Waals surface area contributed by atoms with Crippen LogP contribution in [0.4, 0.5) is 0 Å². The lowest BCUT2D eigenvalue weighted by Crippen LogP contribution is -2.07. The van der Waals surface area contributed by atoms with Crippen LogP contribution in [0, 0.1) is 0 Å². The zero-order valence-corrected chi connectivity index (χ0v) is 12.8. The Morgan fingerprint density at radius 3 is 2.38 bits per heavy atom. The molecule has 2 aromatic rings. The van der Waals surface area contributed by atoms with E-state index in [-0.39, 0.29) is 15.5 Å². The van der Waals surface area contributed by atoms with E-state index in [1.165, 1.54) is 38.0 Å². The molecule has 0 aliphatic heterocycles. The number of halogens is 1. The van der Waals surface area contributed by atoms with Gasteiger partial charge in [-0.15, -0.1) is 0 Å². The maximum Gasteiger partial charge on any atom is 0.339 e. The van der Waals surface area contributed by atoms with E-state index in [0.717, 1.165) is 6.26 Å². The Hall–Kier alpha value is -1.99. The predicted molar refractivity (Wildman–Crippen MR) is 76.9 cm³/mol. The third-order valence-corrected chi connectivity index (χ3v) is 4.20. The van der Waals surface area contributed by atoms with Gasteiger partial charge in [0.05, 0.1) is 22.6 Å². The third kappa shape index (κ3) is 3.20. The van der Waals surface area contributed by atoms with Gasteiger partial charge in [-0.2, -0.15) is 0 Å². The predicted octanol–water partition coefficient (Wildman–Crippen LogP) is 1.99. The van der Waals surface area contributed by atoms with Crippen molar-refractivity contribution >= 4 is 27.4 Å². The Morgan fingerprint density at radius 1 is 1.24 bits per heavy atom. The molecule has 0 bridgehead atoms. The molecular formula is C13H11ClN2O4S. The lowest BCUT2D eigenvalue weighted by molar-refractivity contribution is 0.0600.